The lowest BCUT2D eigenvalue weighted by Gasteiger charge is -2.55. The summed E-state index contributed by atoms with van der Waals surface area (Å²) >= 11 is 0. The standard InChI is InChI=1S/C16H26O2/c1-11-7-8-12-15(2,3)9-6-10-16(12,4)13(11)14(17)18-5/h7,12-13H,6,8-10H2,1-5H3/t12-,13+,16-/m1/s1. The minimum absolute atomic E-state index is 0.0409. The van der Waals surface area contributed by atoms with Crippen molar-refractivity contribution >= 4 is 5.97 Å². The monoisotopic (exact) mass is 250 g/mol. The van der Waals surface area contributed by atoms with Gasteiger partial charge in [-0.05, 0) is 42.9 Å². The van der Waals surface area contributed by atoms with Crippen LogP contribution in [0.4, 0.5) is 0 Å². The van der Waals surface area contributed by atoms with E-state index in [9.17, 15) is 4.79 Å². The second-order valence-corrected chi connectivity index (χ2v) is 7.04. The Bertz CT molecular complexity index is 381. The van der Waals surface area contributed by atoms with E-state index in [1.807, 2.05) is 0 Å². The number of ether oxygens (including phenoxy) is 1. The van der Waals surface area contributed by atoms with Gasteiger partial charge in [0.25, 0.3) is 0 Å². The van der Waals surface area contributed by atoms with Crippen LogP contribution in [0.15, 0.2) is 11.6 Å². The first kappa shape index (κ1) is 13.6. The second-order valence-electron chi connectivity index (χ2n) is 7.04. The fraction of sp³-hybridized carbons (Fsp3) is 0.812. The molecule has 0 aromatic rings. The van der Waals surface area contributed by atoms with Crippen molar-refractivity contribution in [3.8, 4) is 0 Å². The maximum atomic E-state index is 12.2. The summed E-state index contributed by atoms with van der Waals surface area (Å²) in [4.78, 5) is 12.2. The summed E-state index contributed by atoms with van der Waals surface area (Å²) in [5, 5.41) is 0. The third kappa shape index (κ3) is 1.90. The zero-order valence-electron chi connectivity index (χ0n) is 12.4. The van der Waals surface area contributed by atoms with E-state index in [2.05, 4.69) is 33.8 Å². The van der Waals surface area contributed by atoms with Gasteiger partial charge < -0.3 is 4.74 Å². The predicted octanol–water partition coefficient (Wildman–Crippen LogP) is 3.96. The van der Waals surface area contributed by atoms with E-state index in [0.717, 1.165) is 12.8 Å². The SMILES string of the molecule is COC(=O)[C@@H]1C(C)=CC[C@@H]2C(C)(C)CCC[C@@]12C. The minimum atomic E-state index is -0.0475. The molecule has 0 aromatic heterocycles. The van der Waals surface area contributed by atoms with Gasteiger partial charge in [0.05, 0.1) is 13.0 Å². The maximum absolute atomic E-state index is 12.2. The van der Waals surface area contributed by atoms with Crippen LogP contribution in [0.5, 0.6) is 0 Å². The Morgan fingerprint density at radius 3 is 2.61 bits per heavy atom. The van der Waals surface area contributed by atoms with Crippen LogP contribution in [0.25, 0.3) is 0 Å². The molecule has 3 atom stereocenters. The fourth-order valence-corrected chi connectivity index (χ4v) is 4.61. The Morgan fingerprint density at radius 2 is 2.00 bits per heavy atom. The normalized spacial score (nSPS) is 38.6. The highest BCUT2D eigenvalue weighted by Gasteiger charge is 2.54. The van der Waals surface area contributed by atoms with Crippen molar-refractivity contribution in [3.63, 3.8) is 0 Å². The first-order chi connectivity index (χ1) is 8.33. The summed E-state index contributed by atoms with van der Waals surface area (Å²) in [5.74, 6) is 0.501. The molecule has 1 fully saturated rings. The van der Waals surface area contributed by atoms with Gasteiger partial charge in [0.1, 0.15) is 0 Å². The largest absolute Gasteiger partial charge is 0.469 e. The topological polar surface area (TPSA) is 26.3 Å². The van der Waals surface area contributed by atoms with Gasteiger partial charge in [-0.2, -0.15) is 0 Å². The smallest absolute Gasteiger partial charge is 0.313 e. The summed E-state index contributed by atoms with van der Waals surface area (Å²) < 4.78 is 5.06. The average Bonchev–Trinajstić information content (AvgIpc) is 2.26. The van der Waals surface area contributed by atoms with Gasteiger partial charge in [0, 0.05) is 0 Å². The molecule has 0 radical (unpaired) electrons. The molecule has 2 aliphatic carbocycles. The lowest BCUT2D eigenvalue weighted by Crippen LogP contribution is -2.50. The number of rotatable bonds is 1. The molecule has 18 heavy (non-hydrogen) atoms. The number of hydrogen-bond donors (Lipinski definition) is 0. The molecule has 0 saturated heterocycles. The van der Waals surface area contributed by atoms with Gasteiger partial charge in [-0.25, -0.2) is 0 Å². The quantitative estimate of drug-likeness (QED) is 0.520. The van der Waals surface area contributed by atoms with E-state index >= 15 is 0 Å². The van der Waals surface area contributed by atoms with E-state index < -0.39 is 0 Å². The van der Waals surface area contributed by atoms with Gasteiger partial charge in [-0.15, -0.1) is 0 Å². The summed E-state index contributed by atoms with van der Waals surface area (Å²) in [5.41, 5.74) is 1.61. The molecule has 2 rings (SSSR count). The van der Waals surface area contributed by atoms with Crippen molar-refractivity contribution < 1.29 is 9.53 Å². The summed E-state index contributed by atoms with van der Waals surface area (Å²) in [6.45, 7) is 9.11. The number of allylic oxidation sites excluding steroid dienone is 1. The molecular weight excluding hydrogens is 224 g/mol. The molecule has 0 spiro atoms. The van der Waals surface area contributed by atoms with Gasteiger partial charge in [0.15, 0.2) is 0 Å². The van der Waals surface area contributed by atoms with Crippen LogP contribution in [0.3, 0.4) is 0 Å². The van der Waals surface area contributed by atoms with Crippen LogP contribution in [-0.2, 0) is 9.53 Å². The van der Waals surface area contributed by atoms with E-state index in [1.54, 1.807) is 0 Å². The highest BCUT2D eigenvalue weighted by atomic mass is 16.5. The molecule has 2 aliphatic rings. The van der Waals surface area contributed by atoms with E-state index in [1.165, 1.54) is 25.5 Å². The predicted molar refractivity (Wildman–Crippen MR) is 73.1 cm³/mol. The van der Waals surface area contributed by atoms with Crippen molar-refractivity contribution in [2.24, 2.45) is 22.7 Å². The molecule has 2 heteroatoms. The Kier molecular flexibility index (Phi) is 3.33. The van der Waals surface area contributed by atoms with Crippen molar-refractivity contribution in [3.05, 3.63) is 11.6 Å². The Morgan fingerprint density at radius 1 is 1.33 bits per heavy atom. The maximum Gasteiger partial charge on any atom is 0.313 e. The molecule has 0 bridgehead atoms. The van der Waals surface area contributed by atoms with Crippen LogP contribution in [0.2, 0.25) is 0 Å². The molecule has 102 valence electrons. The van der Waals surface area contributed by atoms with Crippen LogP contribution < -0.4 is 0 Å². The number of fused-ring (bicyclic) bond motifs is 1. The van der Waals surface area contributed by atoms with Crippen LogP contribution in [-0.4, -0.2) is 13.1 Å². The lowest BCUT2D eigenvalue weighted by atomic mass is 9.49. The summed E-state index contributed by atoms with van der Waals surface area (Å²) in [7, 11) is 1.51. The average molecular weight is 250 g/mol. The van der Waals surface area contributed by atoms with Crippen molar-refractivity contribution in [1.82, 2.24) is 0 Å². The van der Waals surface area contributed by atoms with E-state index in [-0.39, 0.29) is 17.3 Å². The van der Waals surface area contributed by atoms with Crippen molar-refractivity contribution in [1.29, 1.82) is 0 Å². The van der Waals surface area contributed by atoms with Gasteiger partial charge in [-0.1, -0.05) is 38.8 Å². The van der Waals surface area contributed by atoms with Crippen LogP contribution in [0.1, 0.15) is 53.4 Å². The number of carbonyl (C=O) groups is 1. The number of methoxy groups -OCH3 is 1. The molecule has 0 N–H and O–H groups in total. The van der Waals surface area contributed by atoms with E-state index in [4.69, 9.17) is 4.74 Å². The highest BCUT2D eigenvalue weighted by molar-refractivity contribution is 5.77. The fourth-order valence-electron chi connectivity index (χ4n) is 4.61. The minimum Gasteiger partial charge on any atom is -0.469 e. The second kappa shape index (κ2) is 4.40. The molecule has 0 aromatic carbocycles. The molecule has 0 aliphatic heterocycles. The molecule has 0 amide bonds. The molecular formula is C16H26O2. The van der Waals surface area contributed by atoms with Crippen molar-refractivity contribution in [2.75, 3.05) is 7.11 Å². The zero-order valence-corrected chi connectivity index (χ0v) is 12.4. The van der Waals surface area contributed by atoms with Crippen LogP contribution in [0, 0.1) is 22.7 Å². The third-order valence-electron chi connectivity index (χ3n) is 5.50. The molecule has 1 saturated carbocycles. The Hall–Kier alpha value is -0.790. The van der Waals surface area contributed by atoms with Crippen molar-refractivity contribution in [2.45, 2.75) is 53.4 Å². The first-order valence-corrected chi connectivity index (χ1v) is 7.07. The molecule has 0 unspecified atom stereocenters. The summed E-state index contributed by atoms with van der Waals surface area (Å²) in [6.07, 6.45) is 7.02. The van der Waals surface area contributed by atoms with Gasteiger partial charge in [-0.3, -0.25) is 4.79 Å². The highest BCUT2D eigenvalue weighted by Crippen LogP contribution is 2.59. The van der Waals surface area contributed by atoms with Gasteiger partial charge >= 0.3 is 5.97 Å². The van der Waals surface area contributed by atoms with E-state index in [0.29, 0.717) is 11.3 Å². The Labute approximate surface area is 111 Å². The molecule has 2 nitrogen and oxygen atoms in total. The van der Waals surface area contributed by atoms with Gasteiger partial charge in [0.2, 0.25) is 0 Å². The Balaban J connectivity index is 2.44. The van der Waals surface area contributed by atoms with Crippen LogP contribution >= 0.6 is 0 Å². The molecule has 0 heterocycles. The number of carbonyl (C=O) groups excluding carboxylic acids is 1. The first-order valence-electron chi connectivity index (χ1n) is 7.07. The lowest BCUT2D eigenvalue weighted by molar-refractivity contribution is -0.154. The number of esters is 1. The summed E-state index contributed by atoms with van der Waals surface area (Å²) in [6, 6.07) is 0. The third-order valence-corrected chi connectivity index (χ3v) is 5.50. The number of hydrogen-bond acceptors (Lipinski definition) is 2. The zero-order chi connectivity index (χ0) is 13.6.